The van der Waals surface area contributed by atoms with Crippen LogP contribution >= 0.6 is 0 Å². The molecule has 2 aromatic heterocycles. The second-order valence-electron chi connectivity index (χ2n) is 11.1. The van der Waals surface area contributed by atoms with Crippen molar-refractivity contribution >= 4 is 43.4 Å². The molecular formula is C40H24N4O. The average Bonchev–Trinajstić information content (AvgIpc) is 3.56. The molecule has 0 aliphatic heterocycles. The Morgan fingerprint density at radius 3 is 1.60 bits per heavy atom. The summed E-state index contributed by atoms with van der Waals surface area (Å²) in [4.78, 5) is 20.1. The molecule has 0 aliphatic rings. The van der Waals surface area contributed by atoms with E-state index in [9.17, 15) is 0 Å². The molecule has 9 rings (SSSR count). The SMILES string of the molecule is c1ccc(-c2nc3ccc4cccc(-c5nc(-c6ccc7ccccc7c6)nc(-c6ccc7ccccc7c6)n5)c4c3o2)cc1. The molecule has 0 saturated heterocycles. The summed E-state index contributed by atoms with van der Waals surface area (Å²) in [5.74, 6) is 2.38. The van der Waals surface area contributed by atoms with Crippen molar-refractivity contribution in [2.75, 3.05) is 0 Å². The summed E-state index contributed by atoms with van der Waals surface area (Å²) in [7, 11) is 0. The molecule has 7 aromatic carbocycles. The Kier molecular flexibility index (Phi) is 5.74. The van der Waals surface area contributed by atoms with Crippen LogP contribution in [0.15, 0.2) is 150 Å². The molecule has 0 radical (unpaired) electrons. The van der Waals surface area contributed by atoms with Gasteiger partial charge in [0, 0.05) is 27.6 Å². The van der Waals surface area contributed by atoms with Crippen LogP contribution < -0.4 is 0 Å². The molecule has 0 N–H and O–H groups in total. The van der Waals surface area contributed by atoms with Crippen LogP contribution in [-0.2, 0) is 0 Å². The molecule has 5 heteroatoms. The van der Waals surface area contributed by atoms with Gasteiger partial charge in [-0.2, -0.15) is 0 Å². The number of benzene rings is 7. The fourth-order valence-electron chi connectivity index (χ4n) is 6.06. The normalized spacial score (nSPS) is 11.6. The van der Waals surface area contributed by atoms with E-state index in [1.165, 1.54) is 10.8 Å². The lowest BCUT2D eigenvalue weighted by Gasteiger charge is -2.11. The summed E-state index contributed by atoms with van der Waals surface area (Å²) >= 11 is 0. The predicted molar refractivity (Wildman–Crippen MR) is 182 cm³/mol. The molecule has 0 spiro atoms. The lowest BCUT2D eigenvalue weighted by atomic mass is 10.0. The Balaban J connectivity index is 1.30. The van der Waals surface area contributed by atoms with Crippen LogP contribution in [0.3, 0.4) is 0 Å². The summed E-state index contributed by atoms with van der Waals surface area (Å²) in [5, 5.41) is 6.54. The van der Waals surface area contributed by atoms with Crippen molar-refractivity contribution in [3.8, 4) is 45.6 Å². The van der Waals surface area contributed by atoms with Gasteiger partial charge >= 0.3 is 0 Å². The van der Waals surface area contributed by atoms with Crippen LogP contribution in [0.5, 0.6) is 0 Å². The highest BCUT2D eigenvalue weighted by atomic mass is 16.3. The molecule has 0 bridgehead atoms. The molecule has 0 fully saturated rings. The summed E-state index contributed by atoms with van der Waals surface area (Å²) in [6.07, 6.45) is 0. The zero-order valence-corrected chi connectivity index (χ0v) is 24.1. The topological polar surface area (TPSA) is 64.7 Å². The monoisotopic (exact) mass is 576 g/mol. The number of aromatic nitrogens is 4. The van der Waals surface area contributed by atoms with Gasteiger partial charge in [-0.05, 0) is 57.3 Å². The van der Waals surface area contributed by atoms with E-state index in [-0.39, 0.29) is 0 Å². The second-order valence-corrected chi connectivity index (χ2v) is 11.1. The van der Waals surface area contributed by atoms with Gasteiger partial charge in [-0.25, -0.2) is 19.9 Å². The van der Waals surface area contributed by atoms with Crippen molar-refractivity contribution in [2.45, 2.75) is 0 Å². The van der Waals surface area contributed by atoms with Crippen molar-refractivity contribution in [3.63, 3.8) is 0 Å². The number of fused-ring (bicyclic) bond motifs is 5. The maximum absolute atomic E-state index is 6.47. The molecule has 0 saturated carbocycles. The van der Waals surface area contributed by atoms with Gasteiger partial charge in [0.2, 0.25) is 5.89 Å². The minimum absolute atomic E-state index is 0.576. The molecule has 9 aromatic rings. The number of hydrogen-bond acceptors (Lipinski definition) is 5. The Labute approximate surface area is 258 Å². The van der Waals surface area contributed by atoms with Gasteiger partial charge in [-0.3, -0.25) is 0 Å². The molecule has 210 valence electrons. The van der Waals surface area contributed by atoms with E-state index >= 15 is 0 Å². The third-order valence-electron chi connectivity index (χ3n) is 8.31. The second kappa shape index (κ2) is 10.2. The molecule has 45 heavy (non-hydrogen) atoms. The number of hydrogen-bond donors (Lipinski definition) is 0. The Morgan fingerprint density at radius 1 is 0.378 bits per heavy atom. The van der Waals surface area contributed by atoms with Crippen LogP contribution in [-0.4, -0.2) is 19.9 Å². The predicted octanol–water partition coefficient (Wildman–Crippen LogP) is 10.1. The van der Waals surface area contributed by atoms with E-state index in [1.807, 2.05) is 54.6 Å². The van der Waals surface area contributed by atoms with Gasteiger partial charge < -0.3 is 4.42 Å². The fraction of sp³-hybridized carbons (Fsp3) is 0. The fourth-order valence-corrected chi connectivity index (χ4v) is 6.06. The van der Waals surface area contributed by atoms with Crippen molar-refractivity contribution in [1.29, 1.82) is 0 Å². The maximum Gasteiger partial charge on any atom is 0.227 e. The Morgan fingerprint density at radius 2 is 0.933 bits per heavy atom. The molecule has 0 unspecified atom stereocenters. The van der Waals surface area contributed by atoms with Gasteiger partial charge in [0.25, 0.3) is 0 Å². The number of rotatable bonds is 4. The molecule has 0 atom stereocenters. The lowest BCUT2D eigenvalue weighted by molar-refractivity contribution is 0.623. The first kappa shape index (κ1) is 25.3. The smallest absolute Gasteiger partial charge is 0.227 e. The van der Waals surface area contributed by atoms with E-state index in [1.54, 1.807) is 0 Å². The standard InChI is InChI=1S/C40H24N4O/c1-2-11-28(12-3-1)40-41-34-22-21-27-15-8-16-33(35(27)36(34)45-40)39-43-37(31-19-17-25-9-4-6-13-29(25)23-31)42-38(44-39)32-20-18-26-10-5-7-14-30(26)24-32/h1-24H. The van der Waals surface area contributed by atoms with Crippen LogP contribution in [0.1, 0.15) is 0 Å². The zero-order valence-electron chi connectivity index (χ0n) is 24.1. The molecule has 5 nitrogen and oxygen atoms in total. The van der Waals surface area contributed by atoms with E-state index in [0.717, 1.165) is 49.3 Å². The van der Waals surface area contributed by atoms with Gasteiger partial charge in [0.15, 0.2) is 23.1 Å². The molecule has 0 aliphatic carbocycles. The molecule has 2 heterocycles. The van der Waals surface area contributed by atoms with Crippen LogP contribution in [0.2, 0.25) is 0 Å². The zero-order chi connectivity index (χ0) is 29.7. The minimum atomic E-state index is 0.576. The minimum Gasteiger partial charge on any atom is -0.435 e. The van der Waals surface area contributed by atoms with Crippen LogP contribution in [0.4, 0.5) is 0 Å². The van der Waals surface area contributed by atoms with Gasteiger partial charge in [0.1, 0.15) is 5.52 Å². The van der Waals surface area contributed by atoms with E-state index in [2.05, 4.69) is 91.0 Å². The summed E-state index contributed by atoms with van der Waals surface area (Å²) in [6, 6.07) is 49.5. The average molecular weight is 577 g/mol. The van der Waals surface area contributed by atoms with Crippen molar-refractivity contribution in [3.05, 3.63) is 146 Å². The molecular weight excluding hydrogens is 552 g/mol. The number of oxazole rings is 1. The highest BCUT2D eigenvalue weighted by molar-refractivity contribution is 6.10. The van der Waals surface area contributed by atoms with Crippen molar-refractivity contribution in [1.82, 2.24) is 19.9 Å². The van der Waals surface area contributed by atoms with Crippen LogP contribution in [0.25, 0.3) is 89.0 Å². The van der Waals surface area contributed by atoms with E-state index in [4.69, 9.17) is 24.4 Å². The lowest BCUT2D eigenvalue weighted by Crippen LogP contribution is -2.00. The first-order valence-electron chi connectivity index (χ1n) is 14.9. The molecule has 0 amide bonds. The van der Waals surface area contributed by atoms with E-state index < -0.39 is 0 Å². The maximum atomic E-state index is 6.47. The van der Waals surface area contributed by atoms with Gasteiger partial charge in [-0.1, -0.05) is 115 Å². The Hall–Kier alpha value is -6.20. The van der Waals surface area contributed by atoms with Crippen LogP contribution in [0, 0.1) is 0 Å². The first-order chi connectivity index (χ1) is 22.3. The van der Waals surface area contributed by atoms with Crippen molar-refractivity contribution in [2.24, 2.45) is 0 Å². The van der Waals surface area contributed by atoms with E-state index in [0.29, 0.717) is 28.9 Å². The number of nitrogens with zero attached hydrogens (tertiary/aromatic N) is 4. The Bertz CT molecular complexity index is 2460. The highest BCUT2D eigenvalue weighted by Gasteiger charge is 2.19. The highest BCUT2D eigenvalue weighted by Crippen LogP contribution is 2.37. The summed E-state index contributed by atoms with van der Waals surface area (Å²) in [5.41, 5.74) is 5.14. The largest absolute Gasteiger partial charge is 0.435 e. The summed E-state index contributed by atoms with van der Waals surface area (Å²) < 4.78 is 6.47. The third kappa shape index (κ3) is 4.41. The van der Waals surface area contributed by atoms with Gasteiger partial charge in [0.05, 0.1) is 0 Å². The summed E-state index contributed by atoms with van der Waals surface area (Å²) in [6.45, 7) is 0. The van der Waals surface area contributed by atoms with Crippen molar-refractivity contribution < 1.29 is 4.42 Å². The van der Waals surface area contributed by atoms with Gasteiger partial charge in [-0.15, -0.1) is 0 Å². The quantitative estimate of drug-likeness (QED) is 0.209. The first-order valence-corrected chi connectivity index (χ1v) is 14.9. The third-order valence-corrected chi connectivity index (χ3v) is 8.31.